The zero-order valence-corrected chi connectivity index (χ0v) is 13.1. The van der Waals surface area contributed by atoms with Crippen molar-refractivity contribution in [2.24, 2.45) is 5.73 Å². The van der Waals surface area contributed by atoms with Crippen molar-refractivity contribution >= 4 is 6.09 Å². The van der Waals surface area contributed by atoms with Crippen molar-refractivity contribution < 1.29 is 19.0 Å². The quantitative estimate of drug-likeness (QED) is 0.790. The molecule has 20 heavy (non-hydrogen) atoms. The molecule has 2 N–H and O–H groups in total. The summed E-state index contributed by atoms with van der Waals surface area (Å²) in [6.45, 7) is 10.7. The molecule has 0 unspecified atom stereocenters. The minimum absolute atomic E-state index is 0.205. The maximum atomic E-state index is 12.1. The van der Waals surface area contributed by atoms with Gasteiger partial charge in [-0.1, -0.05) is 0 Å². The fraction of sp³-hybridized carbons (Fsp3) is 0.929. The van der Waals surface area contributed by atoms with Crippen LogP contribution in [0, 0.1) is 0 Å². The van der Waals surface area contributed by atoms with Crippen LogP contribution in [0.25, 0.3) is 0 Å². The first-order valence-corrected chi connectivity index (χ1v) is 7.13. The fourth-order valence-corrected chi connectivity index (χ4v) is 2.83. The summed E-state index contributed by atoms with van der Waals surface area (Å²) in [4.78, 5) is 13.8. The van der Waals surface area contributed by atoms with E-state index in [2.05, 4.69) is 0 Å². The summed E-state index contributed by atoms with van der Waals surface area (Å²) in [5, 5.41) is 0. The lowest BCUT2D eigenvalue weighted by atomic mass is 9.89. The Morgan fingerprint density at radius 3 is 2.65 bits per heavy atom. The summed E-state index contributed by atoms with van der Waals surface area (Å²) in [6.07, 6.45) is 0.150. The van der Waals surface area contributed by atoms with Gasteiger partial charge in [-0.05, 0) is 41.0 Å². The molecule has 0 bridgehead atoms. The summed E-state index contributed by atoms with van der Waals surface area (Å²) < 4.78 is 17.3. The molecular weight excluding hydrogens is 260 g/mol. The molecule has 1 amide bonds. The SMILES string of the molecule is CC(C)(C)OC(=O)N1CC[C@]2(CN)OC(C)(C)O[C@@H]2C1. The van der Waals surface area contributed by atoms with Gasteiger partial charge in [-0.3, -0.25) is 0 Å². The molecule has 6 nitrogen and oxygen atoms in total. The van der Waals surface area contributed by atoms with E-state index in [1.165, 1.54) is 0 Å². The first kappa shape index (κ1) is 15.5. The molecule has 2 aliphatic rings. The molecule has 2 atom stereocenters. The third-order valence-electron chi connectivity index (χ3n) is 3.65. The average molecular weight is 286 g/mol. The van der Waals surface area contributed by atoms with E-state index in [-0.39, 0.29) is 12.2 Å². The number of piperidine rings is 1. The fourth-order valence-electron chi connectivity index (χ4n) is 2.83. The van der Waals surface area contributed by atoms with Crippen molar-refractivity contribution in [2.75, 3.05) is 19.6 Å². The molecule has 0 saturated carbocycles. The molecule has 2 rings (SSSR count). The van der Waals surface area contributed by atoms with Gasteiger partial charge in [0.2, 0.25) is 0 Å². The van der Waals surface area contributed by atoms with E-state index in [0.717, 1.165) is 0 Å². The molecule has 0 aromatic rings. The van der Waals surface area contributed by atoms with E-state index in [1.807, 2.05) is 34.6 Å². The van der Waals surface area contributed by atoms with Crippen LogP contribution in [0.4, 0.5) is 4.79 Å². The maximum Gasteiger partial charge on any atom is 0.410 e. The highest BCUT2D eigenvalue weighted by atomic mass is 16.8. The lowest BCUT2D eigenvalue weighted by molar-refractivity contribution is -0.161. The highest BCUT2D eigenvalue weighted by molar-refractivity contribution is 5.68. The predicted molar refractivity (Wildman–Crippen MR) is 74.2 cm³/mol. The van der Waals surface area contributed by atoms with Crippen molar-refractivity contribution in [3.8, 4) is 0 Å². The van der Waals surface area contributed by atoms with Gasteiger partial charge in [-0.25, -0.2) is 4.79 Å². The van der Waals surface area contributed by atoms with Crippen molar-refractivity contribution in [3.05, 3.63) is 0 Å². The normalized spacial score (nSPS) is 32.9. The summed E-state index contributed by atoms with van der Waals surface area (Å²) >= 11 is 0. The Hall–Kier alpha value is -0.850. The van der Waals surface area contributed by atoms with Gasteiger partial charge >= 0.3 is 6.09 Å². The second-order valence-corrected chi connectivity index (χ2v) is 7.05. The molecule has 116 valence electrons. The van der Waals surface area contributed by atoms with Crippen molar-refractivity contribution in [1.82, 2.24) is 4.90 Å². The van der Waals surface area contributed by atoms with Gasteiger partial charge in [0.25, 0.3) is 0 Å². The van der Waals surface area contributed by atoms with Crippen LogP contribution in [-0.2, 0) is 14.2 Å². The van der Waals surface area contributed by atoms with E-state index in [0.29, 0.717) is 26.1 Å². The monoisotopic (exact) mass is 286 g/mol. The molecule has 0 aromatic carbocycles. The van der Waals surface area contributed by atoms with Crippen LogP contribution in [0.2, 0.25) is 0 Å². The number of amides is 1. The van der Waals surface area contributed by atoms with Gasteiger partial charge in [0.15, 0.2) is 5.79 Å². The number of carbonyl (C=O) groups is 1. The molecule has 0 aliphatic carbocycles. The topological polar surface area (TPSA) is 74.0 Å². The average Bonchev–Trinajstić information content (AvgIpc) is 2.56. The van der Waals surface area contributed by atoms with E-state index in [1.54, 1.807) is 4.90 Å². The van der Waals surface area contributed by atoms with Crippen LogP contribution in [0.5, 0.6) is 0 Å². The lowest BCUT2D eigenvalue weighted by Crippen LogP contribution is -2.59. The number of hydrogen-bond donors (Lipinski definition) is 1. The van der Waals surface area contributed by atoms with Crippen molar-refractivity contribution in [2.45, 2.75) is 64.1 Å². The van der Waals surface area contributed by atoms with Crippen molar-refractivity contribution in [3.63, 3.8) is 0 Å². The number of hydrogen-bond acceptors (Lipinski definition) is 5. The Morgan fingerprint density at radius 2 is 2.10 bits per heavy atom. The number of likely N-dealkylation sites (tertiary alicyclic amines) is 1. The van der Waals surface area contributed by atoms with Gasteiger partial charge in [0.1, 0.15) is 17.3 Å². The Morgan fingerprint density at radius 1 is 1.45 bits per heavy atom. The Labute approximate surface area is 120 Å². The number of nitrogens with zero attached hydrogens (tertiary/aromatic N) is 1. The Kier molecular flexibility index (Phi) is 3.77. The molecule has 2 saturated heterocycles. The minimum atomic E-state index is -0.659. The smallest absolute Gasteiger partial charge is 0.410 e. The highest BCUT2D eigenvalue weighted by Gasteiger charge is 2.55. The summed E-state index contributed by atoms with van der Waals surface area (Å²) in [5.41, 5.74) is 4.91. The minimum Gasteiger partial charge on any atom is -0.444 e. The van der Waals surface area contributed by atoms with E-state index < -0.39 is 17.0 Å². The molecule has 6 heteroatoms. The van der Waals surface area contributed by atoms with Gasteiger partial charge < -0.3 is 24.8 Å². The lowest BCUT2D eigenvalue weighted by Gasteiger charge is -2.41. The number of ether oxygens (including phenoxy) is 3. The summed E-state index contributed by atoms with van der Waals surface area (Å²) in [7, 11) is 0. The molecule has 0 aromatic heterocycles. The number of rotatable bonds is 1. The van der Waals surface area contributed by atoms with Crippen LogP contribution in [-0.4, -0.2) is 53.7 Å². The first-order chi connectivity index (χ1) is 9.07. The number of fused-ring (bicyclic) bond motifs is 1. The van der Waals surface area contributed by atoms with Crippen LogP contribution in [0.3, 0.4) is 0 Å². The van der Waals surface area contributed by atoms with Crippen LogP contribution in [0.15, 0.2) is 0 Å². The van der Waals surface area contributed by atoms with Crippen molar-refractivity contribution in [1.29, 1.82) is 0 Å². The third-order valence-corrected chi connectivity index (χ3v) is 3.65. The van der Waals surface area contributed by atoms with Gasteiger partial charge in [0, 0.05) is 13.1 Å². The Balaban J connectivity index is 2.06. The molecule has 2 heterocycles. The van der Waals surface area contributed by atoms with Gasteiger partial charge in [-0.15, -0.1) is 0 Å². The summed E-state index contributed by atoms with van der Waals surface area (Å²) in [6, 6.07) is 0. The molecule has 2 aliphatic heterocycles. The molecule has 0 radical (unpaired) electrons. The second kappa shape index (κ2) is 4.86. The zero-order valence-electron chi connectivity index (χ0n) is 13.1. The third kappa shape index (κ3) is 3.07. The first-order valence-electron chi connectivity index (χ1n) is 7.13. The number of nitrogens with two attached hydrogens (primary N) is 1. The van der Waals surface area contributed by atoms with Crippen LogP contribution in [0.1, 0.15) is 41.0 Å². The molecule has 0 spiro atoms. The second-order valence-electron chi connectivity index (χ2n) is 7.05. The predicted octanol–water partition coefficient (Wildman–Crippen LogP) is 1.48. The maximum absolute atomic E-state index is 12.1. The van der Waals surface area contributed by atoms with Gasteiger partial charge in [0.05, 0.1) is 6.54 Å². The molecule has 2 fully saturated rings. The van der Waals surface area contributed by atoms with Crippen LogP contribution < -0.4 is 5.73 Å². The largest absolute Gasteiger partial charge is 0.444 e. The summed E-state index contributed by atoms with van der Waals surface area (Å²) in [5.74, 6) is -0.659. The van der Waals surface area contributed by atoms with E-state index in [4.69, 9.17) is 19.9 Å². The van der Waals surface area contributed by atoms with E-state index >= 15 is 0 Å². The van der Waals surface area contributed by atoms with Crippen LogP contribution >= 0.6 is 0 Å². The standard InChI is InChI=1S/C14H26N2O4/c1-12(2,3)19-11(17)16-7-6-14(9-15)10(8-16)18-13(4,5)20-14/h10H,6-9,15H2,1-5H3/t10-,14-/m1/s1. The van der Waals surface area contributed by atoms with Gasteiger partial charge in [-0.2, -0.15) is 0 Å². The highest BCUT2D eigenvalue weighted by Crippen LogP contribution is 2.41. The Bertz CT molecular complexity index is 391. The van der Waals surface area contributed by atoms with E-state index in [9.17, 15) is 4.79 Å². The number of carbonyl (C=O) groups excluding carboxylic acids is 1. The zero-order chi connectivity index (χ0) is 15.2. The molecular formula is C14H26N2O4.